The second-order valence-electron chi connectivity index (χ2n) is 5.48. The summed E-state index contributed by atoms with van der Waals surface area (Å²) >= 11 is 0. The lowest BCUT2D eigenvalue weighted by Crippen LogP contribution is -2.55. The molecular weight excluding hydrogens is 222 g/mol. The first kappa shape index (κ1) is 13.2. The van der Waals surface area contributed by atoms with Crippen LogP contribution < -0.4 is 0 Å². The molecule has 0 aliphatic carbocycles. The Morgan fingerprint density at radius 3 is 2.82 bits per heavy atom. The van der Waals surface area contributed by atoms with Gasteiger partial charge in [-0.3, -0.25) is 4.90 Å². The van der Waals surface area contributed by atoms with Gasteiger partial charge in [-0.05, 0) is 20.3 Å². The van der Waals surface area contributed by atoms with Crippen LogP contribution in [-0.4, -0.2) is 67.5 Å². The first-order valence-corrected chi connectivity index (χ1v) is 6.29. The lowest BCUT2D eigenvalue weighted by atomic mass is 10.0. The van der Waals surface area contributed by atoms with Crippen LogP contribution in [0.1, 0.15) is 20.3 Å². The third kappa shape index (κ3) is 3.89. The maximum Gasteiger partial charge on any atom is 0.147 e. The molecular formula is C12H23NO4. The average molecular weight is 245 g/mol. The molecule has 0 spiro atoms. The molecule has 0 aromatic heterocycles. The largest absolute Gasteiger partial charge is 0.394 e. The molecule has 100 valence electrons. The van der Waals surface area contributed by atoms with Crippen molar-refractivity contribution >= 4 is 0 Å². The van der Waals surface area contributed by atoms with Gasteiger partial charge in [-0.25, -0.2) is 0 Å². The summed E-state index contributed by atoms with van der Waals surface area (Å²) in [5.41, 5.74) is -0.198. The standard InChI is InChI=1S/C12H23NO4/c1-12(2)8-13(6-11(7-14)17-12)5-10-3-4-15-9-16-10/h10-11,14H,3-9H2,1-2H3. The molecule has 2 fully saturated rings. The number of aliphatic hydroxyl groups is 1. The third-order valence-corrected chi connectivity index (χ3v) is 3.19. The zero-order valence-electron chi connectivity index (χ0n) is 10.7. The van der Waals surface area contributed by atoms with Gasteiger partial charge in [-0.1, -0.05) is 0 Å². The Labute approximate surface area is 103 Å². The van der Waals surface area contributed by atoms with E-state index in [2.05, 4.69) is 18.7 Å². The molecule has 0 aromatic rings. The molecule has 2 rings (SSSR count). The smallest absolute Gasteiger partial charge is 0.147 e. The van der Waals surface area contributed by atoms with Gasteiger partial charge in [0.05, 0.1) is 31.0 Å². The Morgan fingerprint density at radius 2 is 2.18 bits per heavy atom. The maximum atomic E-state index is 9.24. The van der Waals surface area contributed by atoms with E-state index in [1.165, 1.54) is 0 Å². The van der Waals surface area contributed by atoms with Crippen LogP contribution in [0.5, 0.6) is 0 Å². The summed E-state index contributed by atoms with van der Waals surface area (Å²) in [4.78, 5) is 2.32. The van der Waals surface area contributed by atoms with E-state index < -0.39 is 0 Å². The highest BCUT2D eigenvalue weighted by molar-refractivity contribution is 4.85. The Morgan fingerprint density at radius 1 is 1.35 bits per heavy atom. The topological polar surface area (TPSA) is 51.2 Å². The molecule has 2 heterocycles. The monoisotopic (exact) mass is 245 g/mol. The summed E-state index contributed by atoms with van der Waals surface area (Å²) in [6.45, 7) is 7.94. The highest BCUT2D eigenvalue weighted by atomic mass is 16.7. The maximum absolute atomic E-state index is 9.24. The summed E-state index contributed by atoms with van der Waals surface area (Å²) < 4.78 is 16.5. The van der Waals surface area contributed by atoms with Gasteiger partial charge in [0, 0.05) is 19.6 Å². The van der Waals surface area contributed by atoms with Crippen molar-refractivity contribution in [2.45, 2.75) is 38.1 Å². The lowest BCUT2D eigenvalue weighted by molar-refractivity contribution is -0.174. The number of hydrogen-bond donors (Lipinski definition) is 1. The SMILES string of the molecule is CC1(C)CN(CC2CCOCO2)CC(CO)O1. The van der Waals surface area contributed by atoms with E-state index >= 15 is 0 Å². The van der Waals surface area contributed by atoms with Crippen molar-refractivity contribution in [3.05, 3.63) is 0 Å². The second kappa shape index (κ2) is 5.63. The molecule has 0 saturated carbocycles. The van der Waals surface area contributed by atoms with Crippen molar-refractivity contribution in [3.8, 4) is 0 Å². The Bertz CT molecular complexity index is 241. The molecule has 2 saturated heterocycles. The molecule has 0 radical (unpaired) electrons. The van der Waals surface area contributed by atoms with Gasteiger partial charge >= 0.3 is 0 Å². The number of rotatable bonds is 3. The Hall–Kier alpha value is -0.200. The van der Waals surface area contributed by atoms with E-state index in [-0.39, 0.29) is 24.4 Å². The van der Waals surface area contributed by atoms with Crippen LogP contribution in [0.4, 0.5) is 0 Å². The average Bonchev–Trinajstić information content (AvgIpc) is 2.28. The molecule has 5 heteroatoms. The molecule has 0 bridgehead atoms. The van der Waals surface area contributed by atoms with Crippen molar-refractivity contribution in [1.82, 2.24) is 4.90 Å². The van der Waals surface area contributed by atoms with Crippen LogP contribution in [-0.2, 0) is 14.2 Å². The van der Waals surface area contributed by atoms with Crippen LogP contribution in [0.3, 0.4) is 0 Å². The molecule has 0 aromatic carbocycles. The normalized spacial score (nSPS) is 34.8. The van der Waals surface area contributed by atoms with Crippen LogP contribution in [0.15, 0.2) is 0 Å². The minimum atomic E-state index is -0.198. The summed E-state index contributed by atoms with van der Waals surface area (Å²) in [5, 5.41) is 9.24. The van der Waals surface area contributed by atoms with E-state index in [0.29, 0.717) is 6.79 Å². The molecule has 17 heavy (non-hydrogen) atoms. The van der Waals surface area contributed by atoms with Crippen molar-refractivity contribution < 1.29 is 19.3 Å². The van der Waals surface area contributed by atoms with Crippen molar-refractivity contribution in [1.29, 1.82) is 0 Å². The fourth-order valence-corrected chi connectivity index (χ4v) is 2.58. The molecule has 0 amide bonds. The minimum Gasteiger partial charge on any atom is -0.394 e. The molecule has 2 aliphatic heterocycles. The zero-order chi connectivity index (χ0) is 12.3. The molecule has 2 atom stereocenters. The predicted octanol–water partition coefficient (Wildman–Crippen LogP) is 0.221. The summed E-state index contributed by atoms with van der Waals surface area (Å²) in [6, 6.07) is 0. The van der Waals surface area contributed by atoms with Gasteiger partial charge < -0.3 is 19.3 Å². The fraction of sp³-hybridized carbons (Fsp3) is 1.00. The highest BCUT2D eigenvalue weighted by Gasteiger charge is 2.34. The molecule has 2 unspecified atom stereocenters. The van der Waals surface area contributed by atoms with E-state index in [4.69, 9.17) is 14.2 Å². The number of hydrogen-bond acceptors (Lipinski definition) is 5. The van der Waals surface area contributed by atoms with E-state index in [1.807, 2.05) is 0 Å². The van der Waals surface area contributed by atoms with Gasteiger partial charge in [0.25, 0.3) is 0 Å². The fourth-order valence-electron chi connectivity index (χ4n) is 2.58. The summed E-state index contributed by atoms with van der Waals surface area (Å²) in [6.07, 6.45) is 1.11. The highest BCUT2D eigenvalue weighted by Crippen LogP contribution is 2.22. The molecule has 5 nitrogen and oxygen atoms in total. The first-order valence-electron chi connectivity index (χ1n) is 6.29. The van der Waals surface area contributed by atoms with Crippen molar-refractivity contribution in [2.75, 3.05) is 39.6 Å². The van der Waals surface area contributed by atoms with Gasteiger partial charge in [0.15, 0.2) is 0 Å². The third-order valence-electron chi connectivity index (χ3n) is 3.19. The van der Waals surface area contributed by atoms with Gasteiger partial charge in [0.2, 0.25) is 0 Å². The van der Waals surface area contributed by atoms with Crippen LogP contribution in [0.2, 0.25) is 0 Å². The predicted molar refractivity (Wildman–Crippen MR) is 62.8 cm³/mol. The molecule has 2 aliphatic rings. The molecule has 1 N–H and O–H groups in total. The van der Waals surface area contributed by atoms with E-state index in [0.717, 1.165) is 32.7 Å². The van der Waals surface area contributed by atoms with Gasteiger partial charge in [-0.15, -0.1) is 0 Å². The summed E-state index contributed by atoms with van der Waals surface area (Å²) in [7, 11) is 0. The summed E-state index contributed by atoms with van der Waals surface area (Å²) in [5.74, 6) is 0. The number of morpholine rings is 1. The quantitative estimate of drug-likeness (QED) is 0.771. The van der Waals surface area contributed by atoms with Crippen LogP contribution >= 0.6 is 0 Å². The Kier molecular flexibility index (Phi) is 4.38. The van der Waals surface area contributed by atoms with E-state index in [9.17, 15) is 5.11 Å². The van der Waals surface area contributed by atoms with Crippen molar-refractivity contribution in [3.63, 3.8) is 0 Å². The van der Waals surface area contributed by atoms with Crippen LogP contribution in [0, 0.1) is 0 Å². The Balaban J connectivity index is 1.86. The van der Waals surface area contributed by atoms with E-state index in [1.54, 1.807) is 0 Å². The van der Waals surface area contributed by atoms with Gasteiger partial charge in [0.1, 0.15) is 6.79 Å². The lowest BCUT2D eigenvalue weighted by Gasteiger charge is -2.43. The van der Waals surface area contributed by atoms with Crippen molar-refractivity contribution in [2.24, 2.45) is 0 Å². The second-order valence-corrected chi connectivity index (χ2v) is 5.48. The van der Waals surface area contributed by atoms with Gasteiger partial charge in [-0.2, -0.15) is 0 Å². The minimum absolute atomic E-state index is 0.0779. The number of aliphatic hydroxyl groups excluding tert-OH is 1. The first-order chi connectivity index (χ1) is 8.09. The number of nitrogens with zero attached hydrogens (tertiary/aromatic N) is 1. The number of ether oxygens (including phenoxy) is 3. The zero-order valence-corrected chi connectivity index (χ0v) is 10.7. The van der Waals surface area contributed by atoms with Crippen LogP contribution in [0.25, 0.3) is 0 Å².